The van der Waals surface area contributed by atoms with Gasteiger partial charge in [-0.2, -0.15) is 48.0 Å². The summed E-state index contributed by atoms with van der Waals surface area (Å²) in [6.07, 6.45) is 18.1. The average molecular weight is 1360 g/mol. The van der Waals surface area contributed by atoms with Crippen molar-refractivity contribution in [2.24, 2.45) is 0 Å². The molecule has 8 nitrogen and oxygen atoms in total. The quantitative estimate of drug-likeness (QED) is 0.183. The summed E-state index contributed by atoms with van der Waals surface area (Å²) in [5.41, 5.74) is 8.06. The van der Waals surface area contributed by atoms with Crippen LogP contribution in [0.3, 0.4) is 0 Å². The van der Waals surface area contributed by atoms with Crippen LogP contribution in [0.4, 0.5) is 0 Å². The van der Waals surface area contributed by atoms with E-state index in [4.69, 9.17) is 0 Å². The number of pyridine rings is 2. The zero-order valence-electron chi connectivity index (χ0n) is 46.8. The van der Waals surface area contributed by atoms with E-state index >= 15 is 0 Å². The van der Waals surface area contributed by atoms with E-state index in [9.17, 15) is 0 Å². The van der Waals surface area contributed by atoms with Gasteiger partial charge in [0.1, 0.15) is 0 Å². The van der Waals surface area contributed by atoms with Crippen molar-refractivity contribution in [2.75, 3.05) is 28.2 Å². The molecule has 0 unspecified atom stereocenters. The van der Waals surface area contributed by atoms with E-state index < -0.39 is 0 Å². The van der Waals surface area contributed by atoms with Crippen LogP contribution in [0.1, 0.15) is 91.0 Å². The smallest absolute Gasteiger partial charge is 0.694 e. The van der Waals surface area contributed by atoms with Crippen LogP contribution in [0.2, 0.25) is 0 Å². The summed E-state index contributed by atoms with van der Waals surface area (Å²) in [6, 6.07) is 12.0. The number of nitrogens with zero attached hydrogens (tertiary/aromatic N) is 6. The van der Waals surface area contributed by atoms with Crippen LogP contribution in [0.25, 0.3) is 21.3 Å². The Morgan fingerprint density at radius 2 is 0.761 bits per heavy atom. The van der Waals surface area contributed by atoms with Gasteiger partial charge in [-0.15, -0.1) is 26.9 Å². The molecule has 0 amide bonds. The predicted molar refractivity (Wildman–Crippen MR) is 297 cm³/mol. The fourth-order valence-corrected chi connectivity index (χ4v) is 3.58. The second-order valence-corrected chi connectivity index (χ2v) is 9.18. The Hall–Kier alpha value is -0.543. The van der Waals surface area contributed by atoms with Gasteiger partial charge in [0, 0.05) is 57.2 Å². The van der Waals surface area contributed by atoms with Crippen LogP contribution in [0.5, 0.6) is 0 Å². The van der Waals surface area contributed by atoms with Crippen LogP contribution in [-0.4, -0.2) is 38.2 Å². The van der Waals surface area contributed by atoms with Crippen LogP contribution in [0.15, 0.2) is 108 Å². The number of aromatic nitrogens is 2. The summed E-state index contributed by atoms with van der Waals surface area (Å²) in [4.78, 5) is 8.71. The first-order valence-corrected chi connectivity index (χ1v) is 18.6. The summed E-state index contributed by atoms with van der Waals surface area (Å²) in [5.74, 6) is 0. The molecule has 2 aromatic rings. The van der Waals surface area contributed by atoms with Gasteiger partial charge >= 0.3 is 77.9 Å². The van der Waals surface area contributed by atoms with Gasteiger partial charge in [-0.3, -0.25) is 9.97 Å². The molecule has 0 spiro atoms. The number of allylic oxidation sites excluding steroid dienone is 8. The van der Waals surface area contributed by atoms with E-state index in [1.54, 1.807) is 26.5 Å². The van der Waals surface area contributed by atoms with Crippen molar-refractivity contribution in [1.29, 1.82) is 0 Å². The monoisotopic (exact) mass is 1360 g/mol. The van der Waals surface area contributed by atoms with Gasteiger partial charge in [0.05, 0.1) is 11.4 Å². The molecule has 2 aliphatic heterocycles. The zero-order valence-corrected chi connectivity index (χ0v) is 56.6. The van der Waals surface area contributed by atoms with Crippen LogP contribution < -0.4 is 10.6 Å². The van der Waals surface area contributed by atoms with Crippen LogP contribution >= 0.6 is 0 Å². The molecule has 0 aliphatic carbocycles. The van der Waals surface area contributed by atoms with Gasteiger partial charge in [0.2, 0.25) is 0 Å². The summed E-state index contributed by atoms with van der Waals surface area (Å²) in [7, 11) is 7.30. The van der Waals surface area contributed by atoms with Crippen molar-refractivity contribution >= 4 is 0 Å². The number of hydrogen-bond acceptors (Lipinski definition) is 4. The third-order valence-electron chi connectivity index (χ3n) is 5.65. The standard InChI is InChI=1S/2C9H13N2.2C9H11N2.4C2H6.10CH3.4Ru.Y/c4*1-3-8-5-4-6-9(11-8)7-10-2;4*1-2;;;;;;;;;;;;;;;/h2*4-6,10H,1,3,7H2,2H3;2*4-7H,1,3H2,2H3;4*1-2H3;10*1H3;;;;;/q2*-1;2*-3;;;;;10*-1;+4;2*+5;+6;. The molecule has 4 heterocycles. The van der Waals surface area contributed by atoms with E-state index in [1.807, 2.05) is 142 Å². The molecule has 2 aliphatic rings. The van der Waals surface area contributed by atoms with Gasteiger partial charge in [0.15, 0.2) is 0 Å². The summed E-state index contributed by atoms with van der Waals surface area (Å²) in [6.45, 7) is 32.7. The van der Waals surface area contributed by atoms with E-state index in [0.717, 1.165) is 84.3 Å². The molecule has 0 fully saturated rings. The maximum atomic E-state index is 4.36. The molecule has 0 bridgehead atoms. The van der Waals surface area contributed by atoms with Crippen molar-refractivity contribution in [3.8, 4) is 0 Å². The molecule has 13 heteroatoms. The Morgan fingerprint density at radius 3 is 0.970 bits per heavy atom. The Bertz CT molecular complexity index is 1190. The van der Waals surface area contributed by atoms with Crippen molar-refractivity contribution in [3.63, 3.8) is 0 Å². The van der Waals surface area contributed by atoms with Gasteiger partial charge in [-0.05, 0) is 38.4 Å². The first-order chi connectivity index (χ1) is 25.5. The number of nitrogens with one attached hydrogen (secondary N) is 2. The Labute approximate surface area is 502 Å². The first-order valence-electron chi connectivity index (χ1n) is 18.6. The van der Waals surface area contributed by atoms with E-state index in [-0.39, 0.29) is 185 Å². The molecule has 0 aromatic carbocycles. The van der Waals surface area contributed by atoms with Crippen LogP contribution in [-0.2, 0) is 137 Å². The van der Waals surface area contributed by atoms with E-state index in [1.165, 1.54) is 0 Å². The second kappa shape index (κ2) is 103. The average Bonchev–Trinajstić information content (AvgIpc) is 3.22. The summed E-state index contributed by atoms with van der Waals surface area (Å²) in [5, 5.41) is 22.4. The molecule has 0 saturated heterocycles. The maximum Gasteiger partial charge on any atom is 6.00 e. The first kappa shape index (κ1) is 126. The van der Waals surface area contributed by atoms with Gasteiger partial charge in [-0.1, -0.05) is 104 Å². The minimum absolute atomic E-state index is 0. The molecule has 4 rings (SSSR count). The molecule has 0 atom stereocenters. The Kier molecular flexibility index (Phi) is 194. The van der Waals surface area contributed by atoms with Crippen molar-refractivity contribution in [2.45, 2.75) is 94.2 Å². The molecule has 0 saturated carbocycles. The van der Waals surface area contributed by atoms with E-state index in [0.29, 0.717) is 0 Å². The molecular weight excluding hydrogens is 1250 g/mol. The molecule has 2 aromatic heterocycles. The van der Waals surface area contributed by atoms with Gasteiger partial charge < -0.3 is 134 Å². The Balaban J connectivity index is -0.0000000239. The minimum Gasteiger partial charge on any atom is -0.694 e. The fraction of sp³-hybridized carbons (Fsp3) is 0.333. The maximum absolute atomic E-state index is 4.36. The Morgan fingerprint density at radius 1 is 0.507 bits per heavy atom. The molecule has 3 radical (unpaired) electrons. The molecule has 2 N–H and O–H groups in total. The van der Waals surface area contributed by atoms with E-state index in [2.05, 4.69) is 69.6 Å². The van der Waals surface area contributed by atoms with Gasteiger partial charge in [-0.25, -0.2) is 0 Å². The third kappa shape index (κ3) is 74.6. The van der Waals surface area contributed by atoms with Crippen LogP contribution in [0, 0.1) is 102 Å². The number of rotatable bonds is 10. The topological polar surface area (TPSA) is 106 Å². The molecule has 67 heavy (non-hydrogen) atoms. The van der Waals surface area contributed by atoms with Crippen molar-refractivity contribution in [1.82, 2.24) is 20.6 Å². The third-order valence-corrected chi connectivity index (χ3v) is 5.65. The second-order valence-electron chi connectivity index (χ2n) is 9.18. The normalized spacial score (nSPS) is 10.0. The SMILES string of the molecule is CC.CC.CC.CC.[CH2-]CC1=CC=CC(=C[N-]C)[N-]1.[CH2-]CC1=CC=CC(=C[N-]C)[N-]1.[CH2-]Cc1cccc(CNC)n1.[CH2-]Cc1cccc(CNC)n1.[CH3-].[CH3-].[CH3-].[CH3-].[CH3-].[CH3-].[CH3-].[CH3-].[CH3-].[CH3-].[Ru+4].[Ru+5].[Ru+5].[Ru+6].[Y]. The zero-order chi connectivity index (χ0) is 40.4. The molecular formula is C54H102N8Ru4Y+2. The fourth-order valence-electron chi connectivity index (χ4n) is 3.58. The van der Waals surface area contributed by atoms with Crippen molar-refractivity contribution in [3.05, 3.63) is 254 Å². The largest absolute Gasteiger partial charge is 6.00 e. The number of hydrogen-bond donors (Lipinski definition) is 2. The minimum atomic E-state index is 0. The predicted octanol–water partition coefficient (Wildman–Crippen LogP) is 16.7. The van der Waals surface area contributed by atoms with Gasteiger partial charge in [0.25, 0.3) is 0 Å². The van der Waals surface area contributed by atoms with Crippen molar-refractivity contribution < 1.29 is 111 Å². The summed E-state index contributed by atoms with van der Waals surface area (Å²) >= 11 is 0. The summed E-state index contributed by atoms with van der Waals surface area (Å²) < 4.78 is 0. The molecule has 391 valence electrons.